The van der Waals surface area contributed by atoms with Crippen molar-refractivity contribution in [2.75, 3.05) is 13.1 Å². The number of aromatic nitrogens is 1. The van der Waals surface area contributed by atoms with Gasteiger partial charge in [-0.05, 0) is 25.0 Å². The molecule has 1 saturated carbocycles. The number of piperidine rings is 1. The van der Waals surface area contributed by atoms with Crippen LogP contribution in [-0.2, 0) is 9.63 Å². The summed E-state index contributed by atoms with van der Waals surface area (Å²) in [4.78, 5) is 36.5. The summed E-state index contributed by atoms with van der Waals surface area (Å²) in [6.45, 7) is 1.08. The Balaban J connectivity index is 1.32. The molecule has 7 nitrogen and oxygen atoms in total. The van der Waals surface area contributed by atoms with Gasteiger partial charge in [-0.2, -0.15) is 0 Å². The van der Waals surface area contributed by atoms with Crippen LogP contribution in [0.5, 0.6) is 0 Å². The van der Waals surface area contributed by atoms with Crippen LogP contribution in [0.3, 0.4) is 0 Å². The summed E-state index contributed by atoms with van der Waals surface area (Å²) in [5, 5.41) is 7.35. The smallest absolute Gasteiger partial charge is 0.269 e. The van der Waals surface area contributed by atoms with Crippen molar-refractivity contribution in [3.63, 3.8) is 0 Å². The van der Waals surface area contributed by atoms with Crippen molar-refractivity contribution in [2.45, 2.75) is 56.6 Å². The standard InChI is InChI=1S/C19H23ClN4O3/c20-16-14(6-3-9-21-16)18(26)24-10-7-19(8-11-24)12-15(23-27-19)17(25)22-13-4-1-2-5-13/h3,6,9,13H,1-2,4-5,7-8,10-12H2,(H,22,25). The van der Waals surface area contributed by atoms with Crippen LogP contribution in [-0.4, -0.2) is 52.1 Å². The molecule has 144 valence electrons. The zero-order valence-corrected chi connectivity index (χ0v) is 15.9. The van der Waals surface area contributed by atoms with Crippen molar-refractivity contribution in [3.8, 4) is 0 Å². The molecule has 1 saturated heterocycles. The van der Waals surface area contributed by atoms with E-state index < -0.39 is 5.60 Å². The van der Waals surface area contributed by atoms with Gasteiger partial charge in [-0.25, -0.2) is 4.98 Å². The van der Waals surface area contributed by atoms with E-state index in [0.29, 0.717) is 43.6 Å². The third-order valence-electron chi connectivity index (χ3n) is 5.74. The van der Waals surface area contributed by atoms with Crippen molar-refractivity contribution in [1.29, 1.82) is 0 Å². The lowest BCUT2D eigenvalue weighted by Crippen LogP contribution is -2.47. The first kappa shape index (κ1) is 18.2. The molecule has 0 radical (unpaired) electrons. The highest BCUT2D eigenvalue weighted by molar-refractivity contribution is 6.39. The number of hydrogen-bond acceptors (Lipinski definition) is 5. The maximum atomic E-state index is 12.7. The van der Waals surface area contributed by atoms with E-state index in [9.17, 15) is 9.59 Å². The maximum Gasteiger partial charge on any atom is 0.269 e. The summed E-state index contributed by atoms with van der Waals surface area (Å²) in [5.41, 5.74) is 0.407. The first-order chi connectivity index (χ1) is 13.1. The summed E-state index contributed by atoms with van der Waals surface area (Å²) in [5.74, 6) is -0.236. The van der Waals surface area contributed by atoms with Gasteiger partial charge in [0.1, 0.15) is 16.5 Å². The molecule has 2 amide bonds. The van der Waals surface area contributed by atoms with Gasteiger partial charge in [-0.1, -0.05) is 29.6 Å². The summed E-state index contributed by atoms with van der Waals surface area (Å²) in [7, 11) is 0. The molecular formula is C19H23ClN4O3. The predicted octanol–water partition coefficient (Wildman–Crippen LogP) is 2.54. The molecule has 1 N–H and O–H groups in total. The molecule has 8 heteroatoms. The number of carbonyl (C=O) groups is 2. The highest BCUT2D eigenvalue weighted by Gasteiger charge is 2.44. The SMILES string of the molecule is O=C(NC1CCCC1)C1=NOC2(CCN(C(=O)c3cccnc3Cl)CC2)C1. The van der Waals surface area contributed by atoms with E-state index in [2.05, 4.69) is 15.5 Å². The second-order valence-corrected chi connectivity index (χ2v) is 7.94. The number of carbonyl (C=O) groups excluding carboxylic acids is 2. The number of nitrogens with one attached hydrogen (secondary N) is 1. The Hall–Kier alpha value is -2.15. The van der Waals surface area contributed by atoms with Crippen LogP contribution in [0.1, 0.15) is 55.3 Å². The quantitative estimate of drug-likeness (QED) is 0.804. The van der Waals surface area contributed by atoms with Crippen LogP contribution in [0.2, 0.25) is 5.15 Å². The molecule has 1 spiro atoms. The Morgan fingerprint density at radius 2 is 2.00 bits per heavy atom. The number of likely N-dealkylation sites (tertiary alicyclic amines) is 1. The van der Waals surface area contributed by atoms with Crippen molar-refractivity contribution in [2.24, 2.45) is 5.16 Å². The minimum absolute atomic E-state index is 0.112. The third-order valence-corrected chi connectivity index (χ3v) is 6.04. The lowest BCUT2D eigenvalue weighted by Gasteiger charge is -2.37. The van der Waals surface area contributed by atoms with Crippen LogP contribution in [0.15, 0.2) is 23.5 Å². The minimum Gasteiger partial charge on any atom is -0.388 e. The molecular weight excluding hydrogens is 368 g/mol. The van der Waals surface area contributed by atoms with E-state index in [1.165, 1.54) is 12.8 Å². The fourth-order valence-electron chi connectivity index (χ4n) is 4.08. The first-order valence-electron chi connectivity index (χ1n) is 9.52. The monoisotopic (exact) mass is 390 g/mol. The Labute approximate surface area is 163 Å². The normalized spacial score (nSPS) is 21.8. The fourth-order valence-corrected chi connectivity index (χ4v) is 4.28. The van der Waals surface area contributed by atoms with E-state index >= 15 is 0 Å². The van der Waals surface area contributed by atoms with Crippen molar-refractivity contribution in [3.05, 3.63) is 29.0 Å². The molecule has 27 heavy (non-hydrogen) atoms. The molecule has 0 bridgehead atoms. The molecule has 1 aromatic heterocycles. The first-order valence-corrected chi connectivity index (χ1v) is 9.90. The largest absolute Gasteiger partial charge is 0.388 e. The molecule has 0 aromatic carbocycles. The zero-order chi connectivity index (χ0) is 18.9. The Kier molecular flexibility index (Phi) is 5.04. The number of pyridine rings is 1. The van der Waals surface area contributed by atoms with Crippen LogP contribution in [0.4, 0.5) is 0 Å². The topological polar surface area (TPSA) is 83.9 Å². The Morgan fingerprint density at radius 3 is 2.70 bits per heavy atom. The van der Waals surface area contributed by atoms with Gasteiger partial charge in [-0.15, -0.1) is 0 Å². The van der Waals surface area contributed by atoms with Gasteiger partial charge in [0, 0.05) is 44.6 Å². The van der Waals surface area contributed by atoms with Gasteiger partial charge in [0.05, 0.1) is 5.56 Å². The number of nitrogens with zero attached hydrogens (tertiary/aromatic N) is 3. The van der Waals surface area contributed by atoms with E-state index in [-0.39, 0.29) is 23.0 Å². The van der Waals surface area contributed by atoms with E-state index in [1.807, 2.05) is 0 Å². The lowest BCUT2D eigenvalue weighted by atomic mass is 9.86. The molecule has 2 aliphatic heterocycles. The minimum atomic E-state index is -0.474. The van der Waals surface area contributed by atoms with E-state index in [1.54, 1.807) is 23.2 Å². The van der Waals surface area contributed by atoms with Gasteiger partial charge < -0.3 is 15.1 Å². The summed E-state index contributed by atoms with van der Waals surface area (Å²) < 4.78 is 0. The lowest BCUT2D eigenvalue weighted by molar-refractivity contribution is -0.115. The Bertz CT molecular complexity index is 768. The fraction of sp³-hybridized carbons (Fsp3) is 0.579. The molecule has 2 fully saturated rings. The number of oxime groups is 1. The third kappa shape index (κ3) is 3.78. The molecule has 3 aliphatic rings. The number of rotatable bonds is 3. The molecule has 0 atom stereocenters. The molecule has 0 unspecified atom stereocenters. The maximum absolute atomic E-state index is 12.7. The highest BCUT2D eigenvalue weighted by atomic mass is 35.5. The summed E-state index contributed by atoms with van der Waals surface area (Å²) in [6, 6.07) is 3.65. The number of amides is 2. The summed E-state index contributed by atoms with van der Waals surface area (Å²) in [6.07, 6.45) is 7.76. The summed E-state index contributed by atoms with van der Waals surface area (Å²) >= 11 is 6.04. The van der Waals surface area contributed by atoms with E-state index in [0.717, 1.165) is 12.8 Å². The second-order valence-electron chi connectivity index (χ2n) is 7.58. The van der Waals surface area contributed by atoms with Gasteiger partial charge in [0.25, 0.3) is 11.8 Å². The van der Waals surface area contributed by atoms with Crippen molar-refractivity contribution in [1.82, 2.24) is 15.2 Å². The van der Waals surface area contributed by atoms with Crippen molar-refractivity contribution < 1.29 is 14.4 Å². The average Bonchev–Trinajstić information content (AvgIpc) is 3.33. The Morgan fingerprint density at radius 1 is 1.26 bits per heavy atom. The van der Waals surface area contributed by atoms with Crippen LogP contribution >= 0.6 is 11.6 Å². The van der Waals surface area contributed by atoms with Crippen LogP contribution in [0, 0.1) is 0 Å². The van der Waals surface area contributed by atoms with E-state index in [4.69, 9.17) is 16.4 Å². The molecule has 3 heterocycles. The van der Waals surface area contributed by atoms with Gasteiger partial charge in [0.2, 0.25) is 0 Å². The highest BCUT2D eigenvalue weighted by Crippen LogP contribution is 2.35. The second kappa shape index (κ2) is 7.46. The number of hydrogen-bond donors (Lipinski definition) is 1. The average molecular weight is 391 g/mol. The van der Waals surface area contributed by atoms with Crippen molar-refractivity contribution >= 4 is 29.1 Å². The van der Waals surface area contributed by atoms with Gasteiger partial charge in [0.15, 0.2) is 0 Å². The van der Waals surface area contributed by atoms with Crippen LogP contribution < -0.4 is 5.32 Å². The molecule has 1 aliphatic carbocycles. The predicted molar refractivity (Wildman–Crippen MR) is 101 cm³/mol. The van der Waals surface area contributed by atoms with Gasteiger partial charge >= 0.3 is 0 Å². The van der Waals surface area contributed by atoms with Crippen LogP contribution in [0.25, 0.3) is 0 Å². The van der Waals surface area contributed by atoms with Gasteiger partial charge in [-0.3, -0.25) is 9.59 Å². The molecule has 1 aromatic rings. The molecule has 4 rings (SSSR count). The number of halogens is 1. The zero-order valence-electron chi connectivity index (χ0n) is 15.1.